The van der Waals surface area contributed by atoms with E-state index in [1.165, 1.54) is 44.6 Å². The third-order valence-corrected chi connectivity index (χ3v) is 5.37. The van der Waals surface area contributed by atoms with Crippen molar-refractivity contribution in [3.05, 3.63) is 33.8 Å². The van der Waals surface area contributed by atoms with Crippen molar-refractivity contribution in [3.8, 4) is 0 Å². The number of likely N-dealkylation sites (N-methyl/N-ethyl adjacent to an activating group) is 2. The molecule has 1 fully saturated rings. The molecule has 1 aliphatic heterocycles. The van der Waals surface area contributed by atoms with Gasteiger partial charge in [-0.15, -0.1) is 0 Å². The first-order chi connectivity index (χ1) is 11.0. The number of hydrogen-bond donors (Lipinski definition) is 0. The number of rotatable bonds is 9. The Morgan fingerprint density at radius 2 is 1.57 bits per heavy atom. The van der Waals surface area contributed by atoms with Gasteiger partial charge in [0, 0.05) is 32.7 Å². The molecular formula is C18H29Cl2N3. The molecule has 0 amide bonds. The highest BCUT2D eigenvalue weighted by Crippen LogP contribution is 2.22. The quantitative estimate of drug-likeness (QED) is 0.669. The minimum atomic E-state index is 0.628. The molecule has 0 unspecified atom stereocenters. The molecule has 0 aromatic heterocycles. The molecule has 2 rings (SSSR count). The fourth-order valence-corrected chi connectivity index (χ4v) is 3.22. The Morgan fingerprint density at radius 1 is 0.913 bits per heavy atom. The lowest BCUT2D eigenvalue weighted by Gasteiger charge is -2.24. The van der Waals surface area contributed by atoms with Crippen molar-refractivity contribution in [2.24, 2.45) is 0 Å². The van der Waals surface area contributed by atoms with Gasteiger partial charge in [0.2, 0.25) is 0 Å². The lowest BCUT2D eigenvalue weighted by atomic mass is 10.1. The average Bonchev–Trinajstić information content (AvgIpc) is 3.05. The van der Waals surface area contributed by atoms with Gasteiger partial charge in [-0.25, -0.2) is 0 Å². The summed E-state index contributed by atoms with van der Waals surface area (Å²) >= 11 is 12.0. The summed E-state index contributed by atoms with van der Waals surface area (Å²) in [5.41, 5.74) is 1.24. The summed E-state index contributed by atoms with van der Waals surface area (Å²) in [6.45, 7) is 8.21. The lowest BCUT2D eigenvalue weighted by Crippen LogP contribution is -2.36. The third kappa shape index (κ3) is 6.98. The standard InChI is InChI=1S/C18H29Cl2N3/c1-21(10-7-16-5-6-17(19)18(20)15-16)11-12-22(2)13-14-23-8-3-4-9-23/h5-6,15H,3-4,7-14H2,1-2H3. The van der Waals surface area contributed by atoms with Gasteiger partial charge in [-0.2, -0.15) is 0 Å². The Balaban J connectivity index is 1.60. The molecule has 1 heterocycles. The molecule has 0 N–H and O–H groups in total. The van der Waals surface area contributed by atoms with Crippen LogP contribution in [0.5, 0.6) is 0 Å². The van der Waals surface area contributed by atoms with Crippen molar-refractivity contribution in [1.29, 1.82) is 0 Å². The van der Waals surface area contributed by atoms with Crippen LogP contribution in [0.4, 0.5) is 0 Å². The van der Waals surface area contributed by atoms with Crippen LogP contribution in [-0.4, -0.2) is 74.6 Å². The van der Waals surface area contributed by atoms with Crippen molar-refractivity contribution in [2.75, 3.05) is 59.9 Å². The van der Waals surface area contributed by atoms with Crippen molar-refractivity contribution < 1.29 is 0 Å². The van der Waals surface area contributed by atoms with Crippen molar-refractivity contribution in [2.45, 2.75) is 19.3 Å². The minimum Gasteiger partial charge on any atom is -0.305 e. The molecule has 0 bridgehead atoms. The Labute approximate surface area is 151 Å². The van der Waals surface area contributed by atoms with Gasteiger partial charge in [0.25, 0.3) is 0 Å². The molecule has 0 atom stereocenters. The van der Waals surface area contributed by atoms with Gasteiger partial charge in [0.05, 0.1) is 10.0 Å². The molecule has 0 aliphatic carbocycles. The van der Waals surface area contributed by atoms with Crippen LogP contribution in [0.3, 0.4) is 0 Å². The first-order valence-electron chi connectivity index (χ1n) is 8.58. The Morgan fingerprint density at radius 3 is 2.22 bits per heavy atom. The molecule has 1 aromatic rings. The monoisotopic (exact) mass is 357 g/mol. The van der Waals surface area contributed by atoms with Crippen LogP contribution < -0.4 is 0 Å². The SMILES string of the molecule is CN(CCc1ccc(Cl)c(Cl)c1)CCN(C)CCN1CCCC1. The van der Waals surface area contributed by atoms with E-state index >= 15 is 0 Å². The number of hydrogen-bond acceptors (Lipinski definition) is 3. The maximum Gasteiger partial charge on any atom is 0.0595 e. The van der Waals surface area contributed by atoms with Gasteiger partial charge in [0.1, 0.15) is 0 Å². The smallest absolute Gasteiger partial charge is 0.0595 e. The van der Waals surface area contributed by atoms with Gasteiger partial charge in [-0.05, 0) is 64.1 Å². The van der Waals surface area contributed by atoms with E-state index in [0.717, 1.165) is 26.1 Å². The second kappa shape index (κ2) is 9.85. The van der Waals surface area contributed by atoms with Crippen LogP contribution in [0.15, 0.2) is 18.2 Å². The van der Waals surface area contributed by atoms with E-state index in [9.17, 15) is 0 Å². The Bertz CT molecular complexity index is 475. The highest BCUT2D eigenvalue weighted by atomic mass is 35.5. The number of likely N-dealkylation sites (tertiary alicyclic amines) is 1. The van der Waals surface area contributed by atoms with E-state index in [1.54, 1.807) is 0 Å². The zero-order valence-corrected chi connectivity index (χ0v) is 15.9. The molecule has 0 radical (unpaired) electrons. The van der Waals surface area contributed by atoms with Crippen molar-refractivity contribution in [3.63, 3.8) is 0 Å². The van der Waals surface area contributed by atoms with Crippen molar-refractivity contribution >= 4 is 23.2 Å². The minimum absolute atomic E-state index is 0.628. The lowest BCUT2D eigenvalue weighted by molar-refractivity contribution is 0.227. The third-order valence-electron chi connectivity index (χ3n) is 4.63. The highest BCUT2D eigenvalue weighted by molar-refractivity contribution is 6.42. The summed E-state index contributed by atoms with van der Waals surface area (Å²) in [5, 5.41) is 1.27. The zero-order valence-electron chi connectivity index (χ0n) is 14.4. The number of halogens is 2. The summed E-state index contributed by atoms with van der Waals surface area (Å²) in [4.78, 5) is 7.40. The highest BCUT2D eigenvalue weighted by Gasteiger charge is 2.11. The average molecular weight is 358 g/mol. The van der Waals surface area contributed by atoms with Crippen molar-refractivity contribution in [1.82, 2.24) is 14.7 Å². The summed E-state index contributed by atoms with van der Waals surface area (Å²) < 4.78 is 0. The largest absolute Gasteiger partial charge is 0.305 e. The normalized spacial score (nSPS) is 15.9. The molecule has 1 aliphatic rings. The summed E-state index contributed by atoms with van der Waals surface area (Å²) in [6, 6.07) is 5.91. The van der Waals surface area contributed by atoms with Crippen LogP contribution in [0.2, 0.25) is 10.0 Å². The first kappa shape index (κ1) is 19.0. The molecule has 3 nitrogen and oxygen atoms in total. The van der Waals surface area contributed by atoms with Gasteiger partial charge in [-0.3, -0.25) is 0 Å². The topological polar surface area (TPSA) is 9.72 Å². The van der Waals surface area contributed by atoms with Gasteiger partial charge >= 0.3 is 0 Å². The van der Waals surface area contributed by atoms with Crippen LogP contribution >= 0.6 is 23.2 Å². The summed E-state index contributed by atoms with van der Waals surface area (Å²) in [7, 11) is 4.41. The van der Waals surface area contributed by atoms with Gasteiger partial charge in [0.15, 0.2) is 0 Å². The molecule has 0 saturated carbocycles. The predicted molar refractivity (Wildman–Crippen MR) is 101 cm³/mol. The van der Waals surface area contributed by atoms with E-state index in [2.05, 4.69) is 34.9 Å². The maximum absolute atomic E-state index is 6.06. The summed E-state index contributed by atoms with van der Waals surface area (Å²) in [6.07, 6.45) is 3.76. The fourth-order valence-electron chi connectivity index (χ4n) is 2.90. The van der Waals surface area contributed by atoms with Gasteiger partial charge in [-0.1, -0.05) is 29.3 Å². The second-order valence-corrected chi connectivity index (χ2v) is 7.47. The van der Waals surface area contributed by atoms with Crippen LogP contribution in [-0.2, 0) is 6.42 Å². The van der Waals surface area contributed by atoms with Gasteiger partial charge < -0.3 is 14.7 Å². The second-order valence-electron chi connectivity index (χ2n) is 6.65. The zero-order chi connectivity index (χ0) is 16.7. The van der Waals surface area contributed by atoms with Crippen LogP contribution in [0, 0.1) is 0 Å². The van der Waals surface area contributed by atoms with Crippen LogP contribution in [0.1, 0.15) is 18.4 Å². The fraction of sp³-hybridized carbons (Fsp3) is 0.667. The molecule has 1 aromatic carbocycles. The van der Waals surface area contributed by atoms with E-state index in [-0.39, 0.29) is 0 Å². The van der Waals surface area contributed by atoms with E-state index in [0.29, 0.717) is 10.0 Å². The van der Waals surface area contributed by atoms with Crippen LogP contribution in [0.25, 0.3) is 0 Å². The molecule has 1 saturated heterocycles. The maximum atomic E-state index is 6.06. The predicted octanol–water partition coefficient (Wildman–Crippen LogP) is 3.50. The van der Waals surface area contributed by atoms with E-state index in [1.807, 2.05) is 12.1 Å². The number of nitrogens with zero attached hydrogens (tertiary/aromatic N) is 3. The van der Waals surface area contributed by atoms with E-state index < -0.39 is 0 Å². The molecule has 0 spiro atoms. The number of benzene rings is 1. The molecular weight excluding hydrogens is 329 g/mol. The molecule has 130 valence electrons. The Kier molecular flexibility index (Phi) is 8.14. The Hall–Kier alpha value is -0.320. The summed E-state index contributed by atoms with van der Waals surface area (Å²) in [5.74, 6) is 0. The molecule has 5 heteroatoms. The van der Waals surface area contributed by atoms with E-state index in [4.69, 9.17) is 23.2 Å². The first-order valence-corrected chi connectivity index (χ1v) is 9.33. The molecule has 23 heavy (non-hydrogen) atoms.